The first-order valence-electron chi connectivity index (χ1n) is 9.31. The minimum Gasteiger partial charge on any atom is -0.452 e. The molecule has 5 nitrogen and oxygen atoms in total. The molecular formula is C24H15ClN2O3. The van der Waals surface area contributed by atoms with Gasteiger partial charge in [-0.2, -0.15) is 0 Å². The molecule has 0 fully saturated rings. The molecule has 0 aliphatic carbocycles. The average Bonchev–Trinajstić information content (AvgIpc) is 2.77. The summed E-state index contributed by atoms with van der Waals surface area (Å²) in [6, 6.07) is 20.0. The van der Waals surface area contributed by atoms with E-state index in [1.54, 1.807) is 36.4 Å². The SMILES string of the molecule is Cc1ccc2oc(-c3ccc(Cl)cc3)c(Oc3ncnc4ccccc34)c(=O)c2c1. The predicted octanol–water partition coefficient (Wildman–Crippen LogP) is 6.16. The van der Waals surface area contributed by atoms with E-state index < -0.39 is 0 Å². The van der Waals surface area contributed by atoms with Crippen LogP contribution in [-0.4, -0.2) is 9.97 Å². The van der Waals surface area contributed by atoms with E-state index in [1.165, 1.54) is 6.33 Å². The summed E-state index contributed by atoms with van der Waals surface area (Å²) in [6.45, 7) is 1.92. The van der Waals surface area contributed by atoms with Gasteiger partial charge in [0.2, 0.25) is 17.1 Å². The number of hydrogen-bond donors (Lipinski definition) is 0. The van der Waals surface area contributed by atoms with E-state index >= 15 is 0 Å². The van der Waals surface area contributed by atoms with Crippen LogP contribution < -0.4 is 10.2 Å². The third-order valence-corrected chi connectivity index (χ3v) is 5.07. The van der Waals surface area contributed by atoms with Crippen molar-refractivity contribution in [1.82, 2.24) is 9.97 Å². The van der Waals surface area contributed by atoms with Gasteiger partial charge in [0.25, 0.3) is 0 Å². The molecule has 0 radical (unpaired) electrons. The second kappa shape index (κ2) is 7.28. The van der Waals surface area contributed by atoms with Crippen molar-refractivity contribution >= 4 is 33.5 Å². The lowest BCUT2D eigenvalue weighted by Gasteiger charge is -2.12. The van der Waals surface area contributed by atoms with Crippen LogP contribution in [0.3, 0.4) is 0 Å². The van der Waals surface area contributed by atoms with Gasteiger partial charge in [-0.05, 0) is 55.5 Å². The predicted molar refractivity (Wildman–Crippen MR) is 117 cm³/mol. The fourth-order valence-corrected chi connectivity index (χ4v) is 3.46. The van der Waals surface area contributed by atoms with Gasteiger partial charge in [0.1, 0.15) is 11.9 Å². The summed E-state index contributed by atoms with van der Waals surface area (Å²) >= 11 is 6.04. The van der Waals surface area contributed by atoms with Gasteiger partial charge in [0, 0.05) is 10.6 Å². The minimum absolute atomic E-state index is 0.0688. The van der Waals surface area contributed by atoms with Crippen LogP contribution in [0.1, 0.15) is 5.56 Å². The van der Waals surface area contributed by atoms with Crippen LogP contribution in [0.5, 0.6) is 11.6 Å². The lowest BCUT2D eigenvalue weighted by molar-refractivity contribution is 0.446. The van der Waals surface area contributed by atoms with Crippen molar-refractivity contribution < 1.29 is 9.15 Å². The number of para-hydroxylation sites is 1. The Balaban J connectivity index is 1.78. The molecule has 0 spiro atoms. The molecule has 0 aliphatic heterocycles. The van der Waals surface area contributed by atoms with Crippen LogP contribution in [0.15, 0.2) is 82.3 Å². The number of hydrogen-bond acceptors (Lipinski definition) is 5. The Kier molecular flexibility index (Phi) is 4.45. The van der Waals surface area contributed by atoms with Crippen LogP contribution in [0, 0.1) is 6.92 Å². The molecule has 6 heteroatoms. The van der Waals surface area contributed by atoms with Crippen molar-refractivity contribution in [3.05, 3.63) is 93.9 Å². The average molecular weight is 415 g/mol. The Labute approximate surface area is 176 Å². The Morgan fingerprint density at radius 3 is 2.57 bits per heavy atom. The lowest BCUT2D eigenvalue weighted by Crippen LogP contribution is -2.08. The number of rotatable bonds is 3. The maximum atomic E-state index is 13.4. The fraction of sp³-hybridized carbons (Fsp3) is 0.0417. The second-order valence-electron chi connectivity index (χ2n) is 6.89. The molecule has 0 bridgehead atoms. The van der Waals surface area contributed by atoms with Crippen molar-refractivity contribution in [2.24, 2.45) is 0 Å². The molecule has 5 aromatic rings. The monoisotopic (exact) mass is 414 g/mol. The van der Waals surface area contributed by atoms with Gasteiger partial charge in [-0.3, -0.25) is 4.79 Å². The number of fused-ring (bicyclic) bond motifs is 2. The molecule has 2 heterocycles. The number of benzene rings is 3. The molecule has 5 rings (SSSR count). The fourth-order valence-electron chi connectivity index (χ4n) is 3.33. The molecule has 0 saturated heterocycles. The number of nitrogens with zero attached hydrogens (tertiary/aromatic N) is 2. The van der Waals surface area contributed by atoms with E-state index in [0.29, 0.717) is 32.7 Å². The summed E-state index contributed by atoms with van der Waals surface area (Å²) in [5, 5.41) is 1.73. The smallest absolute Gasteiger partial charge is 0.235 e. The van der Waals surface area contributed by atoms with Crippen molar-refractivity contribution in [2.45, 2.75) is 6.92 Å². The van der Waals surface area contributed by atoms with Crippen LogP contribution in [0.2, 0.25) is 5.02 Å². The first-order chi connectivity index (χ1) is 14.6. The van der Waals surface area contributed by atoms with E-state index in [0.717, 1.165) is 11.1 Å². The molecular weight excluding hydrogens is 400 g/mol. The second-order valence-corrected chi connectivity index (χ2v) is 7.33. The van der Waals surface area contributed by atoms with Crippen LogP contribution in [0.4, 0.5) is 0 Å². The Morgan fingerprint density at radius 2 is 1.73 bits per heavy atom. The number of aromatic nitrogens is 2. The summed E-state index contributed by atoms with van der Waals surface area (Å²) in [7, 11) is 0. The summed E-state index contributed by atoms with van der Waals surface area (Å²) < 4.78 is 12.2. The molecule has 0 aliphatic rings. The third-order valence-electron chi connectivity index (χ3n) is 4.82. The molecule has 2 aromatic heterocycles. The first-order valence-corrected chi connectivity index (χ1v) is 9.69. The maximum absolute atomic E-state index is 13.4. The Morgan fingerprint density at radius 1 is 0.933 bits per heavy atom. The standard InChI is InChI=1S/C24H15ClN2O3/c1-14-6-11-20-18(12-14)21(28)23(22(29-20)15-7-9-16(25)10-8-15)30-24-17-4-2-3-5-19(17)26-13-27-24/h2-13H,1H3. The summed E-state index contributed by atoms with van der Waals surface area (Å²) in [5.41, 5.74) is 2.56. The molecule has 0 saturated carbocycles. The van der Waals surface area contributed by atoms with E-state index in [9.17, 15) is 4.79 Å². The third kappa shape index (κ3) is 3.19. The highest BCUT2D eigenvalue weighted by molar-refractivity contribution is 6.30. The molecule has 30 heavy (non-hydrogen) atoms. The zero-order valence-corrected chi connectivity index (χ0v) is 16.7. The first kappa shape index (κ1) is 18.3. The van der Waals surface area contributed by atoms with Gasteiger partial charge in [-0.1, -0.05) is 35.4 Å². The van der Waals surface area contributed by atoms with E-state index in [1.807, 2.05) is 37.3 Å². The van der Waals surface area contributed by atoms with Crippen molar-refractivity contribution in [1.29, 1.82) is 0 Å². The van der Waals surface area contributed by atoms with Gasteiger partial charge < -0.3 is 9.15 Å². The van der Waals surface area contributed by atoms with Gasteiger partial charge in [-0.15, -0.1) is 0 Å². The van der Waals surface area contributed by atoms with E-state index in [-0.39, 0.29) is 17.1 Å². The molecule has 3 aromatic carbocycles. The van der Waals surface area contributed by atoms with Gasteiger partial charge in [-0.25, -0.2) is 9.97 Å². The zero-order chi connectivity index (χ0) is 20.7. The van der Waals surface area contributed by atoms with Crippen molar-refractivity contribution in [2.75, 3.05) is 0 Å². The minimum atomic E-state index is -0.271. The van der Waals surface area contributed by atoms with Crippen molar-refractivity contribution in [3.8, 4) is 23.0 Å². The molecule has 146 valence electrons. The highest BCUT2D eigenvalue weighted by atomic mass is 35.5. The number of aryl methyl sites for hydroxylation is 1. The normalized spacial score (nSPS) is 11.1. The summed E-state index contributed by atoms with van der Waals surface area (Å²) in [5.74, 6) is 0.671. The number of halogens is 1. The highest BCUT2D eigenvalue weighted by Crippen LogP contribution is 2.35. The summed E-state index contributed by atoms with van der Waals surface area (Å²) in [6.07, 6.45) is 1.41. The van der Waals surface area contributed by atoms with Crippen molar-refractivity contribution in [3.63, 3.8) is 0 Å². The molecule has 0 atom stereocenters. The largest absolute Gasteiger partial charge is 0.452 e. The molecule has 0 amide bonds. The van der Waals surface area contributed by atoms with Crippen LogP contribution in [0.25, 0.3) is 33.2 Å². The molecule has 0 unspecified atom stereocenters. The van der Waals surface area contributed by atoms with Gasteiger partial charge in [0.05, 0.1) is 16.3 Å². The maximum Gasteiger partial charge on any atom is 0.235 e. The molecule has 0 N–H and O–H groups in total. The van der Waals surface area contributed by atoms with E-state index in [2.05, 4.69) is 9.97 Å². The Bertz CT molecular complexity index is 1450. The van der Waals surface area contributed by atoms with Crippen LogP contribution in [-0.2, 0) is 0 Å². The summed E-state index contributed by atoms with van der Waals surface area (Å²) in [4.78, 5) is 21.9. The number of ether oxygens (including phenoxy) is 1. The quantitative estimate of drug-likeness (QED) is 0.354. The van der Waals surface area contributed by atoms with Gasteiger partial charge >= 0.3 is 0 Å². The van der Waals surface area contributed by atoms with E-state index in [4.69, 9.17) is 20.8 Å². The lowest BCUT2D eigenvalue weighted by atomic mass is 10.1. The van der Waals surface area contributed by atoms with Crippen LogP contribution >= 0.6 is 11.6 Å². The zero-order valence-electron chi connectivity index (χ0n) is 15.9. The Hall–Kier alpha value is -3.70. The topological polar surface area (TPSA) is 65.2 Å². The van der Waals surface area contributed by atoms with Gasteiger partial charge in [0.15, 0.2) is 5.76 Å². The highest BCUT2D eigenvalue weighted by Gasteiger charge is 2.20.